The van der Waals surface area contributed by atoms with Crippen LogP contribution in [0.15, 0.2) is 30.3 Å². The number of hydrogen-bond acceptors (Lipinski definition) is 2. The van der Waals surface area contributed by atoms with Crippen molar-refractivity contribution in [1.29, 1.82) is 0 Å². The Balaban J connectivity index is 2.68. The number of hydrogen-bond donors (Lipinski definition) is 3. The molecule has 0 fully saturated rings. The van der Waals surface area contributed by atoms with Crippen LogP contribution in [0.1, 0.15) is 27.2 Å². The van der Waals surface area contributed by atoms with Crippen LogP contribution in [0.3, 0.4) is 0 Å². The molecule has 128 valence electrons. The van der Waals surface area contributed by atoms with Crippen molar-refractivity contribution in [2.45, 2.75) is 37.2 Å². The predicted octanol–water partition coefficient (Wildman–Crippen LogP) is 4.22. The van der Waals surface area contributed by atoms with E-state index in [1.54, 1.807) is 0 Å². The van der Waals surface area contributed by atoms with Gasteiger partial charge in [-0.15, -0.1) is 0 Å². The highest BCUT2D eigenvalue weighted by atomic mass is 35.6. The van der Waals surface area contributed by atoms with Crippen molar-refractivity contribution in [1.82, 2.24) is 10.6 Å². The van der Waals surface area contributed by atoms with Crippen molar-refractivity contribution in [3.63, 3.8) is 0 Å². The predicted molar refractivity (Wildman–Crippen MR) is 102 cm³/mol. The van der Waals surface area contributed by atoms with Crippen LogP contribution in [0.25, 0.3) is 0 Å². The molecule has 0 saturated carbocycles. The van der Waals surface area contributed by atoms with Gasteiger partial charge in [-0.25, -0.2) is 0 Å². The molecule has 1 unspecified atom stereocenters. The maximum atomic E-state index is 12.1. The standard InChI is InChI=1S/C15H20Cl3N3OS/c1-14(2,3)9-11(22)20-12(15(16,17)18)21-13(23)19-10-7-5-4-6-8-10/h4-8,12H,9H2,1-3H3,(H,20,22)(H2,19,21,23). The number of para-hydroxylation sites is 1. The number of anilines is 1. The number of rotatable bonds is 4. The lowest BCUT2D eigenvalue weighted by molar-refractivity contribution is -0.123. The molecule has 1 atom stereocenters. The Morgan fingerprint density at radius 1 is 1.13 bits per heavy atom. The second-order valence-electron chi connectivity index (χ2n) is 6.24. The summed E-state index contributed by atoms with van der Waals surface area (Å²) in [6, 6.07) is 9.30. The Hall–Kier alpha value is -0.750. The van der Waals surface area contributed by atoms with Gasteiger partial charge in [0, 0.05) is 12.1 Å². The van der Waals surface area contributed by atoms with Crippen molar-refractivity contribution in [2.75, 3.05) is 5.32 Å². The van der Waals surface area contributed by atoms with Gasteiger partial charge in [-0.2, -0.15) is 0 Å². The van der Waals surface area contributed by atoms with Gasteiger partial charge in [0.1, 0.15) is 6.17 Å². The van der Waals surface area contributed by atoms with Crippen LogP contribution in [-0.2, 0) is 4.79 Å². The number of carbonyl (C=O) groups excluding carboxylic acids is 1. The van der Waals surface area contributed by atoms with Gasteiger partial charge in [-0.3, -0.25) is 4.79 Å². The topological polar surface area (TPSA) is 53.2 Å². The van der Waals surface area contributed by atoms with Crippen LogP contribution < -0.4 is 16.0 Å². The van der Waals surface area contributed by atoms with E-state index >= 15 is 0 Å². The van der Waals surface area contributed by atoms with Crippen molar-refractivity contribution in [2.24, 2.45) is 5.41 Å². The third-order valence-corrected chi connectivity index (χ3v) is 3.51. The summed E-state index contributed by atoms with van der Waals surface area (Å²) < 4.78 is -1.75. The molecule has 4 nitrogen and oxygen atoms in total. The summed E-state index contributed by atoms with van der Waals surface area (Å²) in [6.45, 7) is 5.85. The van der Waals surface area contributed by atoms with E-state index in [1.807, 2.05) is 51.1 Å². The van der Waals surface area contributed by atoms with Crippen molar-refractivity contribution in [3.05, 3.63) is 30.3 Å². The number of amides is 1. The lowest BCUT2D eigenvalue weighted by Crippen LogP contribution is -2.56. The third-order valence-electron chi connectivity index (χ3n) is 2.63. The molecular formula is C15H20Cl3N3OS. The summed E-state index contributed by atoms with van der Waals surface area (Å²) in [5, 5.41) is 8.67. The molecule has 0 aliphatic carbocycles. The molecule has 0 aliphatic rings. The number of carbonyl (C=O) groups is 1. The minimum atomic E-state index is -1.75. The molecule has 0 radical (unpaired) electrons. The molecule has 1 aromatic rings. The highest BCUT2D eigenvalue weighted by Gasteiger charge is 2.35. The summed E-state index contributed by atoms with van der Waals surface area (Å²) in [7, 11) is 0. The first-order chi connectivity index (χ1) is 10.5. The Labute approximate surface area is 157 Å². The Morgan fingerprint density at radius 2 is 1.70 bits per heavy atom. The lowest BCUT2D eigenvalue weighted by Gasteiger charge is -2.29. The van der Waals surface area contributed by atoms with Crippen molar-refractivity contribution < 1.29 is 4.79 Å². The normalized spacial score (nSPS) is 13.1. The van der Waals surface area contributed by atoms with E-state index in [1.165, 1.54) is 0 Å². The largest absolute Gasteiger partial charge is 0.339 e. The van der Waals surface area contributed by atoms with Crippen LogP contribution in [0.5, 0.6) is 0 Å². The van der Waals surface area contributed by atoms with Crippen LogP contribution in [0.4, 0.5) is 5.69 Å². The number of benzene rings is 1. The molecule has 8 heteroatoms. The zero-order valence-electron chi connectivity index (χ0n) is 13.1. The molecule has 1 rings (SSSR count). The fourth-order valence-electron chi connectivity index (χ4n) is 1.71. The van der Waals surface area contributed by atoms with E-state index in [4.69, 9.17) is 47.0 Å². The molecular weight excluding hydrogens is 377 g/mol. The average Bonchev–Trinajstić information content (AvgIpc) is 2.35. The van der Waals surface area contributed by atoms with E-state index in [2.05, 4.69) is 16.0 Å². The molecule has 0 spiro atoms. The third kappa shape index (κ3) is 8.61. The molecule has 0 aromatic heterocycles. The SMILES string of the molecule is CC(C)(C)CC(=O)NC(NC(=S)Nc1ccccc1)C(Cl)(Cl)Cl. The summed E-state index contributed by atoms with van der Waals surface area (Å²) in [6.07, 6.45) is -0.656. The molecule has 0 aliphatic heterocycles. The first kappa shape index (κ1) is 20.3. The van der Waals surface area contributed by atoms with Gasteiger partial charge in [0.25, 0.3) is 0 Å². The Kier molecular flexibility index (Phi) is 7.39. The highest BCUT2D eigenvalue weighted by Crippen LogP contribution is 2.29. The molecule has 0 heterocycles. The van der Waals surface area contributed by atoms with E-state index in [-0.39, 0.29) is 16.4 Å². The van der Waals surface area contributed by atoms with E-state index in [0.717, 1.165) is 5.69 Å². The van der Waals surface area contributed by atoms with Gasteiger partial charge >= 0.3 is 0 Å². The van der Waals surface area contributed by atoms with Crippen LogP contribution in [0.2, 0.25) is 0 Å². The van der Waals surface area contributed by atoms with Gasteiger partial charge < -0.3 is 16.0 Å². The molecule has 0 saturated heterocycles. The number of thiocarbonyl (C=S) groups is 1. The maximum absolute atomic E-state index is 12.1. The molecule has 23 heavy (non-hydrogen) atoms. The maximum Gasteiger partial charge on any atom is 0.228 e. The lowest BCUT2D eigenvalue weighted by atomic mass is 9.92. The van der Waals surface area contributed by atoms with Gasteiger partial charge in [0.2, 0.25) is 9.70 Å². The van der Waals surface area contributed by atoms with Crippen molar-refractivity contribution >= 4 is 63.7 Å². The van der Waals surface area contributed by atoms with E-state index < -0.39 is 9.96 Å². The number of halogens is 3. The molecule has 1 amide bonds. The van der Waals surface area contributed by atoms with Gasteiger partial charge in [0.15, 0.2) is 5.11 Å². The number of alkyl halides is 3. The van der Waals surface area contributed by atoms with Gasteiger partial charge in [-0.1, -0.05) is 73.8 Å². The molecule has 3 N–H and O–H groups in total. The minimum absolute atomic E-state index is 0.176. The number of nitrogens with one attached hydrogen (secondary N) is 3. The fourth-order valence-corrected chi connectivity index (χ4v) is 2.28. The second kappa shape index (κ2) is 8.38. The molecule has 0 bridgehead atoms. The smallest absolute Gasteiger partial charge is 0.228 e. The van der Waals surface area contributed by atoms with E-state index in [0.29, 0.717) is 6.42 Å². The van der Waals surface area contributed by atoms with Gasteiger partial charge in [0.05, 0.1) is 0 Å². The van der Waals surface area contributed by atoms with Crippen LogP contribution in [-0.4, -0.2) is 21.0 Å². The zero-order valence-corrected chi connectivity index (χ0v) is 16.2. The fraction of sp³-hybridized carbons (Fsp3) is 0.467. The highest BCUT2D eigenvalue weighted by molar-refractivity contribution is 7.80. The Bertz CT molecular complexity index is 541. The van der Waals surface area contributed by atoms with Gasteiger partial charge in [-0.05, 0) is 29.8 Å². The summed E-state index contributed by atoms with van der Waals surface area (Å²) in [5.41, 5.74) is 0.611. The second-order valence-corrected chi connectivity index (χ2v) is 9.02. The first-order valence-corrected chi connectivity index (χ1v) is 8.50. The zero-order chi connectivity index (χ0) is 17.7. The first-order valence-electron chi connectivity index (χ1n) is 6.96. The van der Waals surface area contributed by atoms with E-state index in [9.17, 15) is 4.79 Å². The summed E-state index contributed by atoms with van der Waals surface area (Å²) >= 11 is 23.0. The minimum Gasteiger partial charge on any atom is -0.339 e. The quantitative estimate of drug-likeness (QED) is 0.405. The van der Waals surface area contributed by atoms with Crippen LogP contribution in [0, 0.1) is 5.41 Å². The monoisotopic (exact) mass is 395 g/mol. The average molecular weight is 397 g/mol. The summed E-state index contributed by atoms with van der Waals surface area (Å²) in [5.74, 6) is -0.233. The Morgan fingerprint density at radius 3 is 2.17 bits per heavy atom. The van der Waals surface area contributed by atoms with Crippen LogP contribution >= 0.6 is 47.0 Å². The molecule has 1 aromatic carbocycles. The van der Waals surface area contributed by atoms with Crippen molar-refractivity contribution in [3.8, 4) is 0 Å². The summed E-state index contributed by atoms with van der Waals surface area (Å²) in [4.78, 5) is 12.1.